The molecule has 0 atom stereocenters. The maximum absolute atomic E-state index is 6.27. The third-order valence-corrected chi connectivity index (χ3v) is 3.39. The molecule has 0 aromatic heterocycles. The Hall–Kier alpha value is -0.640. The van der Waals surface area contributed by atoms with Crippen molar-refractivity contribution in [1.29, 1.82) is 0 Å². The third-order valence-electron chi connectivity index (χ3n) is 2.80. The summed E-state index contributed by atoms with van der Waals surface area (Å²) in [6.07, 6.45) is 0. The average molecular weight is 285 g/mol. The van der Waals surface area contributed by atoms with Crippen LogP contribution in [0.4, 0.5) is 0 Å². The Balaban J connectivity index is 2.80. The van der Waals surface area contributed by atoms with Crippen LogP contribution in [-0.4, -0.2) is 23.0 Å². The van der Waals surface area contributed by atoms with Crippen LogP contribution in [0.3, 0.4) is 0 Å². The number of nitrogens with two attached hydrogens (primary N) is 1. The minimum Gasteiger partial charge on any atom is -0.389 e. The van der Waals surface area contributed by atoms with Gasteiger partial charge in [0, 0.05) is 23.7 Å². The maximum atomic E-state index is 6.27. The van der Waals surface area contributed by atoms with Gasteiger partial charge in [-0.1, -0.05) is 56.7 Å². The van der Waals surface area contributed by atoms with E-state index >= 15 is 0 Å². The number of thiocarbonyl (C=S) groups is 1. The lowest BCUT2D eigenvalue weighted by atomic mass is 10.1. The highest BCUT2D eigenvalue weighted by Crippen LogP contribution is 2.20. The molecule has 0 aliphatic carbocycles. The largest absolute Gasteiger partial charge is 0.389 e. The predicted molar refractivity (Wildman–Crippen MR) is 83.1 cm³/mol. The molecule has 100 valence electrons. The van der Waals surface area contributed by atoms with E-state index in [9.17, 15) is 0 Å². The van der Waals surface area contributed by atoms with Gasteiger partial charge in [-0.15, -0.1) is 0 Å². The van der Waals surface area contributed by atoms with Crippen molar-refractivity contribution in [2.45, 2.75) is 27.3 Å². The van der Waals surface area contributed by atoms with Gasteiger partial charge in [0.15, 0.2) is 0 Å². The fourth-order valence-corrected chi connectivity index (χ4v) is 2.26. The number of rotatable bonds is 6. The van der Waals surface area contributed by atoms with Gasteiger partial charge in [0.25, 0.3) is 0 Å². The van der Waals surface area contributed by atoms with Crippen molar-refractivity contribution in [2.24, 2.45) is 11.7 Å². The summed E-state index contributed by atoms with van der Waals surface area (Å²) < 4.78 is 0. The Labute approximate surface area is 120 Å². The Bertz CT molecular complexity index is 418. The highest BCUT2D eigenvalue weighted by Gasteiger charge is 2.09. The molecule has 0 spiro atoms. The van der Waals surface area contributed by atoms with Crippen LogP contribution in [0, 0.1) is 5.92 Å². The Morgan fingerprint density at radius 3 is 2.56 bits per heavy atom. The molecule has 18 heavy (non-hydrogen) atoms. The number of benzene rings is 1. The Morgan fingerprint density at radius 2 is 2.11 bits per heavy atom. The molecule has 2 nitrogen and oxygen atoms in total. The number of hydrogen-bond donors (Lipinski definition) is 1. The standard InChI is InChI=1S/C14H21ClN2S/c1-4-17(8-10(2)3)9-12-6-5-11(14(16)18)7-13(12)15/h5-7,10H,4,8-9H2,1-3H3,(H2,16,18). The smallest absolute Gasteiger partial charge is 0.104 e. The molecule has 0 amide bonds. The fourth-order valence-electron chi connectivity index (χ4n) is 1.89. The molecule has 0 saturated heterocycles. The van der Waals surface area contributed by atoms with Crippen LogP contribution < -0.4 is 5.73 Å². The van der Waals surface area contributed by atoms with Crippen molar-refractivity contribution in [3.05, 3.63) is 34.3 Å². The maximum Gasteiger partial charge on any atom is 0.104 e. The molecule has 0 unspecified atom stereocenters. The van der Waals surface area contributed by atoms with Crippen LogP contribution in [0.2, 0.25) is 5.02 Å². The average Bonchev–Trinajstić information content (AvgIpc) is 2.29. The molecule has 1 rings (SSSR count). The van der Waals surface area contributed by atoms with E-state index in [-0.39, 0.29) is 0 Å². The molecular weight excluding hydrogens is 264 g/mol. The number of hydrogen-bond acceptors (Lipinski definition) is 2. The normalized spacial score (nSPS) is 11.2. The van der Waals surface area contributed by atoms with E-state index < -0.39 is 0 Å². The van der Waals surface area contributed by atoms with Gasteiger partial charge >= 0.3 is 0 Å². The van der Waals surface area contributed by atoms with E-state index in [0.29, 0.717) is 10.9 Å². The van der Waals surface area contributed by atoms with E-state index in [4.69, 9.17) is 29.6 Å². The van der Waals surface area contributed by atoms with Crippen molar-refractivity contribution in [2.75, 3.05) is 13.1 Å². The molecule has 0 fully saturated rings. The molecule has 4 heteroatoms. The Kier molecular flexibility index (Phi) is 6.06. The third kappa shape index (κ3) is 4.56. The van der Waals surface area contributed by atoms with Gasteiger partial charge in [-0.3, -0.25) is 4.90 Å². The van der Waals surface area contributed by atoms with Crippen LogP contribution in [0.5, 0.6) is 0 Å². The molecule has 1 aromatic rings. The summed E-state index contributed by atoms with van der Waals surface area (Å²) in [7, 11) is 0. The highest BCUT2D eigenvalue weighted by molar-refractivity contribution is 7.80. The van der Waals surface area contributed by atoms with E-state index in [1.807, 2.05) is 18.2 Å². The van der Waals surface area contributed by atoms with Crippen molar-refractivity contribution in [3.8, 4) is 0 Å². The van der Waals surface area contributed by atoms with E-state index in [1.165, 1.54) is 0 Å². The molecule has 0 aliphatic heterocycles. The number of halogens is 1. The summed E-state index contributed by atoms with van der Waals surface area (Å²) in [5.74, 6) is 0.652. The van der Waals surface area contributed by atoms with E-state index in [2.05, 4.69) is 25.7 Å². The zero-order valence-electron chi connectivity index (χ0n) is 11.2. The molecule has 2 N–H and O–H groups in total. The highest BCUT2D eigenvalue weighted by atomic mass is 35.5. The Morgan fingerprint density at radius 1 is 1.44 bits per heavy atom. The van der Waals surface area contributed by atoms with Gasteiger partial charge in [0.2, 0.25) is 0 Å². The molecule has 0 radical (unpaired) electrons. The summed E-state index contributed by atoms with van der Waals surface area (Å²) in [6, 6.07) is 5.80. The molecule has 1 aromatic carbocycles. The first kappa shape index (κ1) is 15.4. The summed E-state index contributed by atoms with van der Waals surface area (Å²) in [4.78, 5) is 2.77. The summed E-state index contributed by atoms with van der Waals surface area (Å²) in [5.41, 5.74) is 7.54. The van der Waals surface area contributed by atoms with Crippen LogP contribution in [0.15, 0.2) is 18.2 Å². The minimum atomic E-state index is 0.387. The summed E-state index contributed by atoms with van der Waals surface area (Å²) in [5, 5.41) is 0.738. The summed E-state index contributed by atoms with van der Waals surface area (Å²) in [6.45, 7) is 9.57. The van der Waals surface area contributed by atoms with Gasteiger partial charge in [-0.25, -0.2) is 0 Å². The van der Waals surface area contributed by atoms with E-state index in [1.54, 1.807) is 0 Å². The summed E-state index contributed by atoms with van der Waals surface area (Å²) >= 11 is 11.2. The van der Waals surface area contributed by atoms with Crippen molar-refractivity contribution >= 4 is 28.8 Å². The lowest BCUT2D eigenvalue weighted by Crippen LogP contribution is -2.27. The first-order valence-electron chi connectivity index (χ1n) is 6.24. The van der Waals surface area contributed by atoms with Crippen LogP contribution >= 0.6 is 23.8 Å². The molecule has 0 bridgehead atoms. The van der Waals surface area contributed by atoms with Gasteiger partial charge in [0.05, 0.1) is 0 Å². The second-order valence-electron chi connectivity index (χ2n) is 4.89. The lowest BCUT2D eigenvalue weighted by Gasteiger charge is -2.23. The van der Waals surface area contributed by atoms with Crippen molar-refractivity contribution < 1.29 is 0 Å². The monoisotopic (exact) mass is 284 g/mol. The minimum absolute atomic E-state index is 0.387. The van der Waals surface area contributed by atoms with Gasteiger partial charge < -0.3 is 5.73 Å². The quantitative estimate of drug-likeness (QED) is 0.811. The second-order valence-corrected chi connectivity index (χ2v) is 5.74. The lowest BCUT2D eigenvalue weighted by molar-refractivity contribution is 0.248. The first-order chi connectivity index (χ1) is 8.43. The molecule has 0 heterocycles. The van der Waals surface area contributed by atoms with E-state index in [0.717, 1.165) is 35.8 Å². The SMILES string of the molecule is CCN(Cc1ccc(C(N)=S)cc1Cl)CC(C)C. The molecular formula is C14H21ClN2S. The zero-order valence-corrected chi connectivity index (χ0v) is 12.8. The molecule has 0 aliphatic rings. The van der Waals surface area contributed by atoms with Crippen LogP contribution in [-0.2, 0) is 6.54 Å². The van der Waals surface area contributed by atoms with Crippen molar-refractivity contribution in [3.63, 3.8) is 0 Å². The fraction of sp³-hybridized carbons (Fsp3) is 0.500. The first-order valence-corrected chi connectivity index (χ1v) is 7.03. The van der Waals surface area contributed by atoms with Gasteiger partial charge in [-0.05, 0) is 24.1 Å². The topological polar surface area (TPSA) is 29.3 Å². The van der Waals surface area contributed by atoms with Crippen LogP contribution in [0.25, 0.3) is 0 Å². The number of nitrogens with zero attached hydrogens (tertiary/aromatic N) is 1. The van der Waals surface area contributed by atoms with Gasteiger partial charge in [-0.2, -0.15) is 0 Å². The predicted octanol–water partition coefficient (Wildman–Crippen LogP) is 3.45. The van der Waals surface area contributed by atoms with Crippen LogP contribution in [0.1, 0.15) is 31.9 Å². The molecule has 0 saturated carbocycles. The van der Waals surface area contributed by atoms with Crippen molar-refractivity contribution in [1.82, 2.24) is 4.90 Å². The second kappa shape index (κ2) is 7.07. The zero-order chi connectivity index (χ0) is 13.7. The van der Waals surface area contributed by atoms with Gasteiger partial charge in [0.1, 0.15) is 4.99 Å².